The van der Waals surface area contributed by atoms with Crippen LogP contribution in [0.2, 0.25) is 0 Å². The Morgan fingerprint density at radius 2 is 2.00 bits per heavy atom. The lowest BCUT2D eigenvalue weighted by Crippen LogP contribution is -2.51. The number of nitrogens with one attached hydrogen (secondary N) is 1. The van der Waals surface area contributed by atoms with Gasteiger partial charge in [-0.05, 0) is 45.5 Å². The molecule has 0 saturated carbocycles. The first-order valence-electron chi connectivity index (χ1n) is 6.65. The number of hydrogen-bond acceptors (Lipinski definition) is 3. The lowest BCUT2D eigenvalue weighted by atomic mass is 9.87. The van der Waals surface area contributed by atoms with E-state index < -0.39 is 0 Å². The summed E-state index contributed by atoms with van der Waals surface area (Å²) in [5.74, 6) is 5.78. The maximum absolute atomic E-state index is 5.78. The Kier molecular flexibility index (Phi) is 5.32. The highest BCUT2D eigenvalue weighted by atomic mass is 15.3. The molecule has 0 radical (unpaired) electrons. The van der Waals surface area contributed by atoms with Crippen molar-refractivity contribution in [1.29, 1.82) is 0 Å². The maximum atomic E-state index is 5.78. The fraction of sp³-hybridized carbons (Fsp3) is 0.600. The predicted octanol–water partition coefficient (Wildman–Crippen LogP) is 2.48. The van der Waals surface area contributed by atoms with E-state index in [0.717, 1.165) is 6.42 Å². The second kappa shape index (κ2) is 6.32. The number of hydrazine groups is 1. The largest absolute Gasteiger partial charge is 0.302 e. The SMILES string of the molecule is CCCc1cccc(C(NN)C(C)(C)N(C)C)c1. The summed E-state index contributed by atoms with van der Waals surface area (Å²) in [7, 11) is 4.17. The van der Waals surface area contributed by atoms with Crippen LogP contribution in [0.4, 0.5) is 0 Å². The number of rotatable bonds is 6. The average molecular weight is 249 g/mol. The molecule has 0 aliphatic rings. The quantitative estimate of drug-likeness (QED) is 0.601. The molecular formula is C15H27N3. The minimum absolute atomic E-state index is 0.0421. The molecule has 0 aromatic heterocycles. The third kappa shape index (κ3) is 3.31. The summed E-state index contributed by atoms with van der Waals surface area (Å²) in [5.41, 5.74) is 5.56. The number of benzene rings is 1. The summed E-state index contributed by atoms with van der Waals surface area (Å²) in [6.45, 7) is 6.60. The molecule has 3 nitrogen and oxygen atoms in total. The number of likely N-dealkylation sites (N-methyl/N-ethyl adjacent to an activating group) is 1. The van der Waals surface area contributed by atoms with Crippen molar-refractivity contribution in [3.05, 3.63) is 35.4 Å². The van der Waals surface area contributed by atoms with Crippen LogP contribution in [0.3, 0.4) is 0 Å². The van der Waals surface area contributed by atoms with Crippen molar-refractivity contribution < 1.29 is 0 Å². The predicted molar refractivity (Wildman–Crippen MR) is 78.3 cm³/mol. The summed E-state index contributed by atoms with van der Waals surface area (Å²) >= 11 is 0. The van der Waals surface area contributed by atoms with Crippen LogP contribution >= 0.6 is 0 Å². The van der Waals surface area contributed by atoms with E-state index in [1.54, 1.807) is 0 Å². The molecule has 1 rings (SSSR count). The third-order valence-corrected chi connectivity index (χ3v) is 3.85. The van der Waals surface area contributed by atoms with Gasteiger partial charge in [0.2, 0.25) is 0 Å². The zero-order valence-electron chi connectivity index (χ0n) is 12.3. The standard InChI is InChI=1S/C15H27N3/c1-6-8-12-9-7-10-13(11-12)14(17-16)15(2,3)18(4)5/h7,9-11,14,17H,6,8,16H2,1-5H3. The molecule has 0 heterocycles. The van der Waals surface area contributed by atoms with Gasteiger partial charge in [-0.2, -0.15) is 0 Å². The molecule has 0 bridgehead atoms. The topological polar surface area (TPSA) is 41.3 Å². The van der Waals surface area contributed by atoms with Crippen molar-refractivity contribution in [2.75, 3.05) is 14.1 Å². The molecule has 102 valence electrons. The van der Waals surface area contributed by atoms with Crippen LogP contribution in [-0.4, -0.2) is 24.5 Å². The smallest absolute Gasteiger partial charge is 0.0638 e. The lowest BCUT2D eigenvalue weighted by molar-refractivity contribution is 0.138. The Morgan fingerprint density at radius 1 is 1.33 bits per heavy atom. The Labute approximate surface area is 111 Å². The van der Waals surface area contributed by atoms with E-state index in [1.807, 2.05) is 0 Å². The molecule has 1 unspecified atom stereocenters. The molecule has 1 aromatic carbocycles. The summed E-state index contributed by atoms with van der Waals surface area (Å²) in [6, 6.07) is 8.83. The minimum atomic E-state index is -0.0421. The molecule has 18 heavy (non-hydrogen) atoms. The van der Waals surface area contributed by atoms with E-state index in [-0.39, 0.29) is 11.6 Å². The van der Waals surface area contributed by atoms with Gasteiger partial charge in [0.1, 0.15) is 0 Å². The summed E-state index contributed by atoms with van der Waals surface area (Å²) in [6.07, 6.45) is 2.29. The van der Waals surface area contributed by atoms with Crippen LogP contribution in [0.1, 0.15) is 44.4 Å². The second-order valence-corrected chi connectivity index (χ2v) is 5.64. The van der Waals surface area contributed by atoms with Crippen molar-refractivity contribution >= 4 is 0 Å². The van der Waals surface area contributed by atoms with Gasteiger partial charge in [-0.15, -0.1) is 0 Å². The number of nitrogens with two attached hydrogens (primary N) is 1. The summed E-state index contributed by atoms with van der Waals surface area (Å²) < 4.78 is 0. The lowest BCUT2D eigenvalue weighted by Gasteiger charge is -2.40. The first-order chi connectivity index (χ1) is 8.43. The highest BCUT2D eigenvalue weighted by molar-refractivity contribution is 5.28. The van der Waals surface area contributed by atoms with E-state index in [2.05, 4.69) is 69.5 Å². The van der Waals surface area contributed by atoms with Crippen molar-refractivity contribution in [3.63, 3.8) is 0 Å². The molecule has 0 spiro atoms. The Balaban J connectivity index is 3.05. The monoisotopic (exact) mass is 249 g/mol. The van der Waals surface area contributed by atoms with Gasteiger partial charge in [0.05, 0.1) is 6.04 Å². The Bertz CT molecular complexity index is 372. The van der Waals surface area contributed by atoms with E-state index in [4.69, 9.17) is 5.84 Å². The molecule has 1 aromatic rings. The van der Waals surface area contributed by atoms with Crippen LogP contribution in [0.25, 0.3) is 0 Å². The van der Waals surface area contributed by atoms with Gasteiger partial charge in [-0.25, -0.2) is 0 Å². The maximum Gasteiger partial charge on any atom is 0.0638 e. The Hall–Kier alpha value is -0.900. The first kappa shape index (κ1) is 15.2. The molecule has 0 aliphatic heterocycles. The van der Waals surface area contributed by atoms with Gasteiger partial charge in [-0.3, -0.25) is 11.3 Å². The normalized spacial score (nSPS) is 13.9. The Morgan fingerprint density at radius 3 is 2.50 bits per heavy atom. The van der Waals surface area contributed by atoms with Gasteiger partial charge in [0.15, 0.2) is 0 Å². The van der Waals surface area contributed by atoms with E-state index in [9.17, 15) is 0 Å². The van der Waals surface area contributed by atoms with Crippen LogP contribution in [-0.2, 0) is 6.42 Å². The fourth-order valence-corrected chi connectivity index (χ4v) is 2.18. The van der Waals surface area contributed by atoms with Crippen molar-refractivity contribution in [1.82, 2.24) is 10.3 Å². The molecule has 3 heteroatoms. The van der Waals surface area contributed by atoms with Gasteiger partial charge in [-0.1, -0.05) is 37.6 Å². The van der Waals surface area contributed by atoms with Crippen molar-refractivity contribution in [2.24, 2.45) is 5.84 Å². The van der Waals surface area contributed by atoms with Crippen molar-refractivity contribution in [2.45, 2.75) is 45.2 Å². The van der Waals surface area contributed by atoms with Crippen molar-refractivity contribution in [3.8, 4) is 0 Å². The number of hydrogen-bond donors (Lipinski definition) is 2. The van der Waals surface area contributed by atoms with Crippen LogP contribution in [0.5, 0.6) is 0 Å². The highest BCUT2D eigenvalue weighted by Crippen LogP contribution is 2.29. The van der Waals surface area contributed by atoms with Gasteiger partial charge < -0.3 is 4.90 Å². The minimum Gasteiger partial charge on any atom is -0.302 e. The zero-order chi connectivity index (χ0) is 13.8. The van der Waals surface area contributed by atoms with Gasteiger partial charge in [0, 0.05) is 5.54 Å². The van der Waals surface area contributed by atoms with E-state index in [1.165, 1.54) is 17.5 Å². The summed E-state index contributed by atoms with van der Waals surface area (Å²) in [4.78, 5) is 2.20. The van der Waals surface area contributed by atoms with Gasteiger partial charge >= 0.3 is 0 Å². The zero-order valence-corrected chi connectivity index (χ0v) is 12.3. The molecule has 1 atom stereocenters. The summed E-state index contributed by atoms with van der Waals surface area (Å²) in [5, 5.41) is 0. The van der Waals surface area contributed by atoms with Gasteiger partial charge in [0.25, 0.3) is 0 Å². The molecule has 0 aliphatic carbocycles. The molecular weight excluding hydrogens is 222 g/mol. The van der Waals surface area contributed by atoms with E-state index >= 15 is 0 Å². The first-order valence-corrected chi connectivity index (χ1v) is 6.65. The third-order valence-electron chi connectivity index (χ3n) is 3.85. The van der Waals surface area contributed by atoms with Crippen LogP contribution < -0.4 is 11.3 Å². The number of aryl methyl sites for hydroxylation is 1. The van der Waals surface area contributed by atoms with Crippen LogP contribution in [0, 0.1) is 0 Å². The molecule has 0 saturated heterocycles. The average Bonchev–Trinajstić information content (AvgIpc) is 2.30. The fourth-order valence-electron chi connectivity index (χ4n) is 2.18. The molecule has 0 amide bonds. The molecule has 3 N–H and O–H groups in total. The second-order valence-electron chi connectivity index (χ2n) is 5.64. The molecule has 0 fully saturated rings. The number of nitrogens with zero attached hydrogens (tertiary/aromatic N) is 1. The highest BCUT2D eigenvalue weighted by Gasteiger charge is 2.32. The van der Waals surface area contributed by atoms with E-state index in [0.29, 0.717) is 0 Å². The van der Waals surface area contributed by atoms with Crippen LogP contribution in [0.15, 0.2) is 24.3 Å².